The molecular formula is C25H23BrCl2N2O3. The lowest BCUT2D eigenvalue weighted by molar-refractivity contribution is -0.142. The second-order valence-electron chi connectivity index (χ2n) is 7.30. The molecule has 0 heterocycles. The third kappa shape index (κ3) is 6.97. The highest BCUT2D eigenvalue weighted by atomic mass is 79.9. The van der Waals surface area contributed by atoms with Gasteiger partial charge in [0.25, 0.3) is 5.91 Å². The van der Waals surface area contributed by atoms with E-state index in [1.807, 2.05) is 48.5 Å². The van der Waals surface area contributed by atoms with Gasteiger partial charge in [-0.3, -0.25) is 9.59 Å². The van der Waals surface area contributed by atoms with Crippen LogP contribution in [0.25, 0.3) is 0 Å². The molecule has 172 valence electrons. The number of ether oxygens (including phenoxy) is 1. The van der Waals surface area contributed by atoms with Gasteiger partial charge in [-0.15, -0.1) is 0 Å². The van der Waals surface area contributed by atoms with Gasteiger partial charge in [0.05, 0.1) is 4.47 Å². The summed E-state index contributed by atoms with van der Waals surface area (Å²) in [6.45, 7) is -0.0957. The van der Waals surface area contributed by atoms with Crippen LogP contribution in [0.1, 0.15) is 11.1 Å². The third-order valence-corrected chi connectivity index (χ3v) is 6.28. The van der Waals surface area contributed by atoms with E-state index in [-0.39, 0.29) is 25.0 Å². The number of hydrogen-bond acceptors (Lipinski definition) is 3. The smallest absolute Gasteiger partial charge is 0.261 e. The minimum Gasteiger partial charge on any atom is -0.483 e. The van der Waals surface area contributed by atoms with Gasteiger partial charge in [-0.2, -0.15) is 0 Å². The Kier molecular flexibility index (Phi) is 9.18. The first kappa shape index (κ1) is 25.1. The van der Waals surface area contributed by atoms with E-state index < -0.39 is 6.04 Å². The molecule has 3 aromatic rings. The number of hydrogen-bond donors (Lipinski definition) is 1. The summed E-state index contributed by atoms with van der Waals surface area (Å²) < 4.78 is 6.39. The topological polar surface area (TPSA) is 58.6 Å². The van der Waals surface area contributed by atoms with Crippen LogP contribution in [0.15, 0.2) is 77.3 Å². The summed E-state index contributed by atoms with van der Waals surface area (Å²) in [5, 5.41) is 3.75. The first-order valence-electron chi connectivity index (χ1n) is 10.2. The van der Waals surface area contributed by atoms with Crippen LogP contribution < -0.4 is 10.1 Å². The van der Waals surface area contributed by atoms with Crippen molar-refractivity contribution in [3.05, 3.63) is 98.4 Å². The summed E-state index contributed by atoms with van der Waals surface area (Å²) in [7, 11) is 1.56. The monoisotopic (exact) mass is 548 g/mol. The van der Waals surface area contributed by atoms with Crippen molar-refractivity contribution in [1.82, 2.24) is 10.2 Å². The molecule has 0 aromatic heterocycles. The van der Waals surface area contributed by atoms with Crippen LogP contribution >= 0.6 is 39.1 Å². The second-order valence-corrected chi connectivity index (χ2v) is 8.99. The van der Waals surface area contributed by atoms with Crippen molar-refractivity contribution >= 4 is 50.9 Å². The van der Waals surface area contributed by atoms with Crippen molar-refractivity contribution in [3.63, 3.8) is 0 Å². The minimum absolute atomic E-state index is 0.161. The minimum atomic E-state index is -0.751. The molecule has 0 saturated heterocycles. The van der Waals surface area contributed by atoms with Crippen LogP contribution in [0.3, 0.4) is 0 Å². The van der Waals surface area contributed by atoms with E-state index in [1.165, 1.54) is 4.90 Å². The summed E-state index contributed by atoms with van der Waals surface area (Å²) >= 11 is 15.7. The molecule has 5 nitrogen and oxygen atoms in total. The van der Waals surface area contributed by atoms with Gasteiger partial charge in [0.15, 0.2) is 6.61 Å². The molecule has 0 saturated carbocycles. The van der Waals surface area contributed by atoms with E-state index in [9.17, 15) is 9.59 Å². The predicted octanol–water partition coefficient (Wildman–Crippen LogP) is 5.52. The van der Waals surface area contributed by atoms with Crippen LogP contribution in [-0.4, -0.2) is 36.4 Å². The Balaban J connectivity index is 1.89. The molecule has 8 heteroatoms. The van der Waals surface area contributed by atoms with E-state index in [0.717, 1.165) is 11.1 Å². The molecule has 0 fully saturated rings. The standard InChI is InChI=1S/C25H23BrCl2N2O3/c1-29-25(32)22(13-17-7-3-2-4-8-17)30(15-18-9-5-6-10-21(18)28)24(31)16-33-23-12-11-19(27)14-20(23)26/h2-12,14,22H,13,15-16H2,1H3,(H,29,32)/t22-/m0/s1. The van der Waals surface area contributed by atoms with Gasteiger partial charge in [-0.05, 0) is 51.3 Å². The van der Waals surface area contributed by atoms with Gasteiger partial charge in [0.1, 0.15) is 11.8 Å². The van der Waals surface area contributed by atoms with Crippen molar-refractivity contribution in [2.75, 3.05) is 13.7 Å². The van der Waals surface area contributed by atoms with E-state index in [1.54, 1.807) is 31.3 Å². The van der Waals surface area contributed by atoms with Gasteiger partial charge in [0.2, 0.25) is 5.91 Å². The summed E-state index contributed by atoms with van der Waals surface area (Å²) in [5.41, 5.74) is 1.67. The normalized spacial score (nSPS) is 11.5. The Bertz CT molecular complexity index is 1110. The Morgan fingerprint density at radius 2 is 1.73 bits per heavy atom. The van der Waals surface area contributed by atoms with Gasteiger partial charge >= 0.3 is 0 Å². The van der Waals surface area contributed by atoms with Gasteiger partial charge in [-0.25, -0.2) is 0 Å². The third-order valence-electron chi connectivity index (χ3n) is 5.06. The number of carbonyl (C=O) groups is 2. The van der Waals surface area contributed by atoms with Gasteiger partial charge in [-0.1, -0.05) is 71.7 Å². The summed E-state index contributed by atoms with van der Waals surface area (Å²) in [6, 6.07) is 21.1. The molecule has 33 heavy (non-hydrogen) atoms. The number of rotatable bonds is 9. The molecular weight excluding hydrogens is 527 g/mol. The Labute approximate surface area is 211 Å². The highest BCUT2D eigenvalue weighted by Gasteiger charge is 2.30. The van der Waals surface area contributed by atoms with Crippen molar-refractivity contribution in [1.29, 1.82) is 0 Å². The Hall–Kier alpha value is -2.54. The fourth-order valence-electron chi connectivity index (χ4n) is 3.35. The number of benzene rings is 3. The largest absolute Gasteiger partial charge is 0.483 e. The van der Waals surface area contributed by atoms with Crippen LogP contribution in [0.5, 0.6) is 5.75 Å². The average Bonchev–Trinajstić information content (AvgIpc) is 2.82. The fraction of sp³-hybridized carbons (Fsp3) is 0.200. The lowest BCUT2D eigenvalue weighted by atomic mass is 10.0. The van der Waals surface area contributed by atoms with E-state index in [0.29, 0.717) is 26.7 Å². The summed E-state index contributed by atoms with van der Waals surface area (Å²) in [4.78, 5) is 27.8. The number of amides is 2. The Morgan fingerprint density at radius 1 is 1.03 bits per heavy atom. The number of nitrogens with one attached hydrogen (secondary N) is 1. The van der Waals surface area contributed by atoms with Crippen molar-refractivity contribution in [3.8, 4) is 5.75 Å². The van der Waals surface area contributed by atoms with E-state index in [4.69, 9.17) is 27.9 Å². The van der Waals surface area contributed by atoms with Crippen LogP contribution in [0, 0.1) is 0 Å². The number of likely N-dealkylation sites (N-methyl/N-ethyl adjacent to an activating group) is 1. The SMILES string of the molecule is CNC(=O)[C@H](Cc1ccccc1)N(Cc1ccccc1Cl)C(=O)COc1ccc(Cl)cc1Br. The summed E-state index contributed by atoms with van der Waals surface area (Å²) in [6.07, 6.45) is 0.349. The first-order valence-corrected chi connectivity index (χ1v) is 11.8. The lowest BCUT2D eigenvalue weighted by Gasteiger charge is -2.31. The second kappa shape index (κ2) is 12.1. The zero-order chi connectivity index (χ0) is 23.8. The highest BCUT2D eigenvalue weighted by Crippen LogP contribution is 2.28. The molecule has 3 rings (SSSR count). The van der Waals surface area contributed by atoms with Crippen LogP contribution in [0.2, 0.25) is 10.0 Å². The van der Waals surface area contributed by atoms with Gasteiger partial charge in [0, 0.05) is 30.1 Å². The first-order chi connectivity index (χ1) is 15.9. The molecule has 0 aliphatic rings. The van der Waals surface area contributed by atoms with Crippen molar-refractivity contribution in [2.24, 2.45) is 0 Å². The summed E-state index contributed by atoms with van der Waals surface area (Å²) in [5.74, 6) is -0.141. The zero-order valence-electron chi connectivity index (χ0n) is 17.9. The maximum absolute atomic E-state index is 13.4. The van der Waals surface area contributed by atoms with Crippen molar-refractivity contribution < 1.29 is 14.3 Å². The van der Waals surface area contributed by atoms with Crippen molar-refractivity contribution in [2.45, 2.75) is 19.0 Å². The maximum Gasteiger partial charge on any atom is 0.261 e. The molecule has 0 bridgehead atoms. The lowest BCUT2D eigenvalue weighted by Crippen LogP contribution is -2.51. The molecule has 0 spiro atoms. The highest BCUT2D eigenvalue weighted by molar-refractivity contribution is 9.10. The molecule has 0 aliphatic heterocycles. The molecule has 0 aliphatic carbocycles. The quantitative estimate of drug-likeness (QED) is 0.382. The molecule has 3 aromatic carbocycles. The van der Waals surface area contributed by atoms with Gasteiger partial charge < -0.3 is 15.0 Å². The predicted molar refractivity (Wildman–Crippen MR) is 135 cm³/mol. The Morgan fingerprint density at radius 3 is 2.39 bits per heavy atom. The zero-order valence-corrected chi connectivity index (χ0v) is 21.0. The number of nitrogens with zero attached hydrogens (tertiary/aromatic N) is 1. The number of carbonyl (C=O) groups excluding carboxylic acids is 2. The molecule has 0 unspecified atom stereocenters. The maximum atomic E-state index is 13.4. The molecule has 2 amide bonds. The van der Waals surface area contributed by atoms with Crippen LogP contribution in [0.4, 0.5) is 0 Å². The molecule has 0 radical (unpaired) electrons. The fourth-order valence-corrected chi connectivity index (χ4v) is 4.34. The molecule has 1 N–H and O–H groups in total. The van der Waals surface area contributed by atoms with Crippen LogP contribution in [-0.2, 0) is 22.6 Å². The van der Waals surface area contributed by atoms with E-state index >= 15 is 0 Å². The van der Waals surface area contributed by atoms with E-state index in [2.05, 4.69) is 21.2 Å². The molecule has 1 atom stereocenters. The average molecular weight is 550 g/mol. The number of halogens is 3.